The first kappa shape index (κ1) is 27.9. The quantitative estimate of drug-likeness (QED) is 0.295. The zero-order valence-electron chi connectivity index (χ0n) is 23.4. The maximum atomic E-state index is 13.1. The first-order chi connectivity index (χ1) is 19.5. The van der Waals surface area contributed by atoms with Gasteiger partial charge in [0.15, 0.2) is 12.2 Å². The summed E-state index contributed by atoms with van der Waals surface area (Å²) < 4.78 is 11.1. The molecule has 1 saturated carbocycles. The summed E-state index contributed by atoms with van der Waals surface area (Å²) >= 11 is 0. The highest BCUT2D eigenvalue weighted by Crippen LogP contribution is 2.26. The third-order valence-electron chi connectivity index (χ3n) is 7.58. The second kappa shape index (κ2) is 13.1. The lowest BCUT2D eigenvalue weighted by Gasteiger charge is -2.30. The van der Waals surface area contributed by atoms with Crippen LogP contribution >= 0.6 is 0 Å². The van der Waals surface area contributed by atoms with Gasteiger partial charge in [-0.15, -0.1) is 0 Å². The van der Waals surface area contributed by atoms with Gasteiger partial charge in [-0.3, -0.25) is 9.69 Å². The summed E-state index contributed by atoms with van der Waals surface area (Å²) in [6.45, 7) is 5.57. The van der Waals surface area contributed by atoms with Gasteiger partial charge in [0.2, 0.25) is 0 Å². The van der Waals surface area contributed by atoms with Gasteiger partial charge in [0.1, 0.15) is 24.0 Å². The Bertz CT molecular complexity index is 1260. The number of benzene rings is 1. The molecule has 10 nitrogen and oxygen atoms in total. The molecule has 3 N–H and O–H groups in total. The van der Waals surface area contributed by atoms with Crippen molar-refractivity contribution >= 4 is 17.5 Å². The number of pyridine rings is 1. The Morgan fingerprint density at radius 3 is 2.90 bits per heavy atom. The molecule has 5 rings (SSSR count). The molecule has 0 unspecified atom stereocenters. The molecule has 0 bridgehead atoms. The van der Waals surface area contributed by atoms with E-state index in [1.54, 1.807) is 6.20 Å². The van der Waals surface area contributed by atoms with E-state index >= 15 is 0 Å². The molecule has 2 aliphatic rings. The number of hydrogen-bond acceptors (Lipinski definition) is 9. The Balaban J connectivity index is 1.12. The molecule has 1 aliphatic heterocycles. The molecule has 1 atom stereocenters. The molecule has 1 fully saturated rings. The fourth-order valence-electron chi connectivity index (χ4n) is 5.10. The molecule has 10 heteroatoms. The number of carbonyl (C=O) groups is 1. The van der Waals surface area contributed by atoms with E-state index in [0.29, 0.717) is 30.5 Å². The Morgan fingerprint density at radius 2 is 2.15 bits per heavy atom. The predicted molar refractivity (Wildman–Crippen MR) is 154 cm³/mol. The molecular formula is C30H40N6O4. The number of aromatic nitrogens is 2. The first-order valence-corrected chi connectivity index (χ1v) is 14.3. The molecule has 0 saturated heterocycles. The number of carbonyl (C=O) groups excluding carboxylic acids is 1. The average Bonchev–Trinajstić information content (AvgIpc) is 3.46. The number of aliphatic hydroxyl groups excluding tert-OH is 1. The van der Waals surface area contributed by atoms with E-state index in [1.807, 2.05) is 25.2 Å². The highest BCUT2D eigenvalue weighted by Gasteiger charge is 2.22. The fraction of sp³-hybridized carbons (Fsp3) is 0.500. The molecule has 1 aliphatic carbocycles. The number of amides is 1. The van der Waals surface area contributed by atoms with Gasteiger partial charge >= 0.3 is 0 Å². The number of anilines is 2. The van der Waals surface area contributed by atoms with E-state index < -0.39 is 6.10 Å². The molecule has 1 amide bonds. The number of ether oxygens (including phenoxy) is 1. The summed E-state index contributed by atoms with van der Waals surface area (Å²) in [5.74, 6) is 2.79. The number of nitrogens with one attached hydrogen (secondary N) is 2. The Morgan fingerprint density at radius 1 is 1.27 bits per heavy atom. The van der Waals surface area contributed by atoms with Gasteiger partial charge in [0.25, 0.3) is 5.91 Å². The fourth-order valence-corrected chi connectivity index (χ4v) is 5.10. The Labute approximate surface area is 235 Å². The SMILES string of the molecule is CCCN(C)c1cc(C(=O)NC[C@H](O)CN2CCc3cc(OCc4cnco4)ccc3C2)cc(NC2CCC2)n1. The van der Waals surface area contributed by atoms with E-state index in [9.17, 15) is 9.90 Å². The van der Waals surface area contributed by atoms with Crippen LogP contribution in [0.15, 0.2) is 47.3 Å². The zero-order valence-corrected chi connectivity index (χ0v) is 23.4. The molecule has 40 heavy (non-hydrogen) atoms. The smallest absolute Gasteiger partial charge is 0.251 e. The third kappa shape index (κ3) is 7.31. The number of aliphatic hydroxyl groups is 1. The zero-order chi connectivity index (χ0) is 27.9. The number of hydrogen-bond donors (Lipinski definition) is 3. The van der Waals surface area contributed by atoms with Crippen LogP contribution < -0.4 is 20.3 Å². The van der Waals surface area contributed by atoms with Crippen LogP contribution in [0, 0.1) is 0 Å². The van der Waals surface area contributed by atoms with Crippen molar-refractivity contribution in [3.05, 3.63) is 65.4 Å². The van der Waals surface area contributed by atoms with Crippen LogP contribution in [0.4, 0.5) is 11.6 Å². The van der Waals surface area contributed by atoms with Crippen LogP contribution in [0.1, 0.15) is 59.9 Å². The van der Waals surface area contributed by atoms with Crippen LogP contribution in [-0.4, -0.2) is 71.3 Å². The largest absolute Gasteiger partial charge is 0.486 e. The standard InChI is InChI=1S/C30H40N6O4/c1-3-10-35(2)29-14-23(13-28(34-29)33-24-5-4-6-24)30(38)32-15-25(37)18-36-11-9-21-12-26(8-7-22(21)17-36)39-19-27-16-31-20-40-27/h7-8,12-14,16,20,24-25,37H,3-6,9-11,15,17-19H2,1-2H3,(H,32,38)(H,33,34)/t25-/m0/s1. The van der Waals surface area contributed by atoms with Crippen LogP contribution in [0.2, 0.25) is 0 Å². The molecule has 3 heterocycles. The van der Waals surface area contributed by atoms with Crippen molar-refractivity contribution in [2.24, 2.45) is 0 Å². The molecule has 0 spiro atoms. The number of β-amino-alcohol motifs (C(OH)–C–C–N with tert-alkyl or cyclic N) is 1. The van der Waals surface area contributed by atoms with E-state index in [2.05, 4.69) is 44.5 Å². The minimum absolute atomic E-state index is 0.185. The average molecular weight is 549 g/mol. The monoisotopic (exact) mass is 548 g/mol. The van der Waals surface area contributed by atoms with Gasteiger partial charge in [0, 0.05) is 51.4 Å². The van der Waals surface area contributed by atoms with Gasteiger partial charge in [-0.1, -0.05) is 13.0 Å². The highest BCUT2D eigenvalue weighted by atomic mass is 16.5. The van der Waals surface area contributed by atoms with Crippen LogP contribution in [0.5, 0.6) is 5.75 Å². The molecule has 1 aromatic carbocycles. The van der Waals surface area contributed by atoms with Crippen molar-refractivity contribution in [2.75, 3.05) is 43.4 Å². The van der Waals surface area contributed by atoms with Crippen molar-refractivity contribution in [2.45, 2.75) is 64.3 Å². The Kier molecular flexibility index (Phi) is 9.18. The lowest BCUT2D eigenvalue weighted by molar-refractivity contribution is 0.0841. The summed E-state index contributed by atoms with van der Waals surface area (Å²) in [6.07, 6.45) is 7.71. The van der Waals surface area contributed by atoms with E-state index in [4.69, 9.17) is 14.1 Å². The summed E-state index contributed by atoms with van der Waals surface area (Å²) in [4.78, 5) is 26.0. The van der Waals surface area contributed by atoms with Crippen molar-refractivity contribution < 1.29 is 19.1 Å². The number of oxazole rings is 1. The summed E-state index contributed by atoms with van der Waals surface area (Å²) in [7, 11) is 1.99. The van der Waals surface area contributed by atoms with Gasteiger partial charge in [-0.2, -0.15) is 0 Å². The van der Waals surface area contributed by atoms with Crippen molar-refractivity contribution in [1.82, 2.24) is 20.2 Å². The van der Waals surface area contributed by atoms with Gasteiger partial charge < -0.3 is 29.8 Å². The highest BCUT2D eigenvalue weighted by molar-refractivity contribution is 5.95. The van der Waals surface area contributed by atoms with Gasteiger partial charge in [0.05, 0.1) is 12.3 Å². The molecular weight excluding hydrogens is 508 g/mol. The Hall–Kier alpha value is -3.63. The number of nitrogens with zero attached hydrogens (tertiary/aromatic N) is 4. The first-order valence-electron chi connectivity index (χ1n) is 14.3. The van der Waals surface area contributed by atoms with Crippen molar-refractivity contribution in [3.63, 3.8) is 0 Å². The van der Waals surface area contributed by atoms with Crippen LogP contribution in [0.3, 0.4) is 0 Å². The molecule has 3 aromatic rings. The summed E-state index contributed by atoms with van der Waals surface area (Å²) in [5.41, 5.74) is 3.03. The molecule has 0 radical (unpaired) electrons. The van der Waals surface area contributed by atoms with E-state index in [-0.39, 0.29) is 12.5 Å². The summed E-state index contributed by atoms with van der Waals surface area (Å²) in [6, 6.07) is 10.2. The van der Waals surface area contributed by atoms with Crippen molar-refractivity contribution in [3.8, 4) is 5.75 Å². The number of rotatable bonds is 13. The van der Waals surface area contributed by atoms with Crippen molar-refractivity contribution in [1.29, 1.82) is 0 Å². The van der Waals surface area contributed by atoms with E-state index in [1.165, 1.54) is 23.9 Å². The van der Waals surface area contributed by atoms with Gasteiger partial charge in [-0.05, 0) is 67.5 Å². The topological polar surface area (TPSA) is 116 Å². The molecule has 2 aromatic heterocycles. The normalized spacial score (nSPS) is 16.1. The van der Waals surface area contributed by atoms with Crippen LogP contribution in [-0.2, 0) is 19.6 Å². The lowest BCUT2D eigenvalue weighted by atomic mass is 9.93. The number of fused-ring (bicyclic) bond motifs is 1. The maximum absolute atomic E-state index is 13.1. The minimum atomic E-state index is -0.674. The summed E-state index contributed by atoms with van der Waals surface area (Å²) in [5, 5.41) is 17.1. The second-order valence-electron chi connectivity index (χ2n) is 10.8. The van der Waals surface area contributed by atoms with Gasteiger partial charge in [-0.25, -0.2) is 9.97 Å². The maximum Gasteiger partial charge on any atom is 0.251 e. The predicted octanol–water partition coefficient (Wildman–Crippen LogP) is 3.61. The van der Waals surface area contributed by atoms with E-state index in [0.717, 1.165) is 62.7 Å². The second-order valence-corrected chi connectivity index (χ2v) is 10.8. The minimum Gasteiger partial charge on any atom is -0.486 e. The lowest BCUT2D eigenvalue weighted by Crippen LogP contribution is -2.42. The molecule has 214 valence electrons. The van der Waals surface area contributed by atoms with Crippen LogP contribution in [0.25, 0.3) is 0 Å². The third-order valence-corrected chi connectivity index (χ3v) is 7.58.